The molecule has 0 spiro atoms. The maximum Gasteiger partial charge on any atom is 0.225 e. The molecule has 1 N–H and O–H groups in total. The molecule has 6 nitrogen and oxygen atoms in total. The van der Waals surface area contributed by atoms with E-state index in [0.29, 0.717) is 19.8 Å². The SMILES string of the molecule is Cc1cc(CNC(=O)C2CCC2)nc(N2CCOCC2)n1. The number of ether oxygens (including phenoxy) is 1. The molecule has 1 aliphatic carbocycles. The van der Waals surface area contributed by atoms with Gasteiger partial charge in [-0.2, -0.15) is 0 Å². The number of carbonyl (C=O) groups is 1. The van der Waals surface area contributed by atoms with E-state index in [0.717, 1.165) is 43.3 Å². The van der Waals surface area contributed by atoms with Crippen molar-refractivity contribution in [1.82, 2.24) is 15.3 Å². The summed E-state index contributed by atoms with van der Waals surface area (Å²) in [4.78, 5) is 23.1. The summed E-state index contributed by atoms with van der Waals surface area (Å²) in [6, 6.07) is 1.94. The van der Waals surface area contributed by atoms with Gasteiger partial charge in [0.25, 0.3) is 0 Å². The molecule has 1 saturated carbocycles. The Balaban J connectivity index is 1.64. The summed E-state index contributed by atoms with van der Waals surface area (Å²) in [6.45, 7) is 5.50. The monoisotopic (exact) mass is 290 g/mol. The van der Waals surface area contributed by atoms with Gasteiger partial charge in [-0.05, 0) is 25.8 Å². The van der Waals surface area contributed by atoms with E-state index < -0.39 is 0 Å². The van der Waals surface area contributed by atoms with Gasteiger partial charge in [0.2, 0.25) is 11.9 Å². The summed E-state index contributed by atoms with van der Waals surface area (Å²) in [6.07, 6.45) is 3.22. The predicted octanol–water partition coefficient (Wildman–Crippen LogP) is 1.04. The van der Waals surface area contributed by atoms with Crippen LogP contribution in [0.3, 0.4) is 0 Å². The fourth-order valence-corrected chi connectivity index (χ4v) is 2.60. The van der Waals surface area contributed by atoms with Crippen LogP contribution in [-0.4, -0.2) is 42.2 Å². The van der Waals surface area contributed by atoms with Gasteiger partial charge < -0.3 is 15.0 Å². The van der Waals surface area contributed by atoms with Crippen LogP contribution in [0.5, 0.6) is 0 Å². The largest absolute Gasteiger partial charge is 0.378 e. The Bertz CT molecular complexity index is 510. The number of carbonyl (C=O) groups excluding carboxylic acids is 1. The van der Waals surface area contributed by atoms with E-state index in [-0.39, 0.29) is 11.8 Å². The van der Waals surface area contributed by atoms with E-state index in [1.54, 1.807) is 0 Å². The van der Waals surface area contributed by atoms with Gasteiger partial charge in [0, 0.05) is 24.7 Å². The number of morpholine rings is 1. The van der Waals surface area contributed by atoms with E-state index >= 15 is 0 Å². The zero-order chi connectivity index (χ0) is 14.7. The molecular weight excluding hydrogens is 268 g/mol. The van der Waals surface area contributed by atoms with Crippen molar-refractivity contribution in [2.45, 2.75) is 32.7 Å². The average molecular weight is 290 g/mol. The Morgan fingerprint density at radius 2 is 2.14 bits per heavy atom. The van der Waals surface area contributed by atoms with Crippen molar-refractivity contribution >= 4 is 11.9 Å². The molecule has 114 valence electrons. The molecule has 0 aromatic carbocycles. The Labute approximate surface area is 124 Å². The number of aryl methyl sites for hydroxylation is 1. The number of hydrogen-bond donors (Lipinski definition) is 1. The van der Waals surface area contributed by atoms with Gasteiger partial charge in [-0.1, -0.05) is 6.42 Å². The van der Waals surface area contributed by atoms with Gasteiger partial charge in [-0.15, -0.1) is 0 Å². The van der Waals surface area contributed by atoms with Gasteiger partial charge in [-0.3, -0.25) is 4.79 Å². The van der Waals surface area contributed by atoms with Crippen molar-refractivity contribution in [3.05, 3.63) is 17.5 Å². The van der Waals surface area contributed by atoms with Crippen molar-refractivity contribution in [2.75, 3.05) is 31.2 Å². The molecule has 0 atom stereocenters. The molecule has 2 aliphatic rings. The van der Waals surface area contributed by atoms with Crippen LogP contribution in [0.25, 0.3) is 0 Å². The van der Waals surface area contributed by atoms with Gasteiger partial charge in [0.05, 0.1) is 25.5 Å². The fourth-order valence-electron chi connectivity index (χ4n) is 2.60. The van der Waals surface area contributed by atoms with Crippen LogP contribution >= 0.6 is 0 Å². The highest BCUT2D eigenvalue weighted by Gasteiger charge is 2.25. The lowest BCUT2D eigenvalue weighted by molar-refractivity contribution is -0.127. The van der Waals surface area contributed by atoms with Gasteiger partial charge in [-0.25, -0.2) is 9.97 Å². The average Bonchev–Trinajstić information content (AvgIpc) is 2.44. The van der Waals surface area contributed by atoms with E-state index in [2.05, 4.69) is 20.2 Å². The van der Waals surface area contributed by atoms with E-state index in [4.69, 9.17) is 4.74 Å². The molecular formula is C15H22N4O2. The summed E-state index contributed by atoms with van der Waals surface area (Å²) in [5.74, 6) is 1.11. The molecule has 1 aromatic heterocycles. The highest BCUT2D eigenvalue weighted by molar-refractivity contribution is 5.79. The van der Waals surface area contributed by atoms with Crippen molar-refractivity contribution in [3.8, 4) is 0 Å². The predicted molar refractivity (Wildman–Crippen MR) is 79.0 cm³/mol. The first kappa shape index (κ1) is 14.3. The van der Waals surface area contributed by atoms with Crippen molar-refractivity contribution < 1.29 is 9.53 Å². The Morgan fingerprint density at radius 1 is 1.38 bits per heavy atom. The molecule has 0 unspecified atom stereocenters. The maximum atomic E-state index is 11.9. The number of nitrogens with one attached hydrogen (secondary N) is 1. The van der Waals surface area contributed by atoms with Crippen LogP contribution < -0.4 is 10.2 Å². The molecule has 0 bridgehead atoms. The molecule has 0 radical (unpaired) electrons. The van der Waals surface area contributed by atoms with Crippen molar-refractivity contribution in [2.24, 2.45) is 5.92 Å². The standard InChI is InChI=1S/C15H22N4O2/c1-11-9-13(10-16-14(20)12-3-2-4-12)18-15(17-11)19-5-7-21-8-6-19/h9,12H,2-8,10H2,1H3,(H,16,20). The Kier molecular flexibility index (Phi) is 4.34. The third kappa shape index (κ3) is 3.50. The minimum atomic E-state index is 0.158. The lowest BCUT2D eigenvalue weighted by atomic mass is 9.85. The topological polar surface area (TPSA) is 67.4 Å². The molecule has 21 heavy (non-hydrogen) atoms. The minimum Gasteiger partial charge on any atom is -0.378 e. The Morgan fingerprint density at radius 3 is 2.81 bits per heavy atom. The van der Waals surface area contributed by atoms with Crippen molar-refractivity contribution in [3.63, 3.8) is 0 Å². The number of hydrogen-bond acceptors (Lipinski definition) is 5. The zero-order valence-corrected chi connectivity index (χ0v) is 12.5. The van der Waals surface area contributed by atoms with Crippen LogP contribution in [-0.2, 0) is 16.1 Å². The smallest absolute Gasteiger partial charge is 0.225 e. The molecule has 3 rings (SSSR count). The molecule has 1 aromatic rings. The third-order valence-electron chi connectivity index (χ3n) is 4.11. The summed E-state index contributed by atoms with van der Waals surface area (Å²) in [5, 5.41) is 2.99. The first-order valence-corrected chi connectivity index (χ1v) is 7.67. The maximum absolute atomic E-state index is 11.9. The van der Waals surface area contributed by atoms with Gasteiger partial charge in [0.1, 0.15) is 0 Å². The van der Waals surface area contributed by atoms with Crippen LogP contribution in [0.1, 0.15) is 30.7 Å². The van der Waals surface area contributed by atoms with Crippen molar-refractivity contribution in [1.29, 1.82) is 0 Å². The number of anilines is 1. The summed E-state index contributed by atoms with van der Waals surface area (Å²) < 4.78 is 5.35. The second kappa shape index (κ2) is 6.39. The second-order valence-corrected chi connectivity index (χ2v) is 5.75. The Hall–Kier alpha value is -1.69. The van der Waals surface area contributed by atoms with E-state index in [1.165, 1.54) is 6.42 Å². The zero-order valence-electron chi connectivity index (χ0n) is 12.5. The van der Waals surface area contributed by atoms with Gasteiger partial charge in [0.15, 0.2) is 0 Å². The second-order valence-electron chi connectivity index (χ2n) is 5.75. The number of aromatic nitrogens is 2. The normalized spacial score (nSPS) is 19.2. The van der Waals surface area contributed by atoms with E-state index in [9.17, 15) is 4.79 Å². The first-order valence-electron chi connectivity index (χ1n) is 7.67. The molecule has 2 heterocycles. The quantitative estimate of drug-likeness (QED) is 0.897. The summed E-state index contributed by atoms with van der Waals surface area (Å²) in [7, 11) is 0. The van der Waals surface area contributed by atoms with E-state index in [1.807, 2.05) is 13.0 Å². The van der Waals surface area contributed by atoms with Crippen LogP contribution in [0.4, 0.5) is 5.95 Å². The summed E-state index contributed by atoms with van der Waals surface area (Å²) >= 11 is 0. The minimum absolute atomic E-state index is 0.158. The lowest BCUT2D eigenvalue weighted by Gasteiger charge is -2.27. The fraction of sp³-hybridized carbons (Fsp3) is 0.667. The number of rotatable bonds is 4. The third-order valence-corrected chi connectivity index (χ3v) is 4.11. The van der Waals surface area contributed by atoms with Gasteiger partial charge >= 0.3 is 0 Å². The highest BCUT2D eigenvalue weighted by atomic mass is 16.5. The highest BCUT2D eigenvalue weighted by Crippen LogP contribution is 2.26. The number of nitrogens with zero attached hydrogens (tertiary/aromatic N) is 3. The molecule has 2 fully saturated rings. The lowest BCUT2D eigenvalue weighted by Crippen LogP contribution is -2.38. The molecule has 1 aliphatic heterocycles. The van der Waals surface area contributed by atoms with Crippen LogP contribution in [0.15, 0.2) is 6.07 Å². The van der Waals surface area contributed by atoms with Crippen LogP contribution in [0, 0.1) is 12.8 Å². The molecule has 6 heteroatoms. The molecule has 1 saturated heterocycles. The number of amides is 1. The molecule has 1 amide bonds. The summed E-state index contributed by atoms with van der Waals surface area (Å²) in [5.41, 5.74) is 1.80. The van der Waals surface area contributed by atoms with Crippen LogP contribution in [0.2, 0.25) is 0 Å². The first-order chi connectivity index (χ1) is 10.2.